The van der Waals surface area contributed by atoms with Crippen molar-refractivity contribution in [3.05, 3.63) is 99.9 Å². The highest BCUT2D eigenvalue weighted by Crippen LogP contribution is 2.21. The zero-order valence-corrected chi connectivity index (χ0v) is 18.9. The maximum atomic E-state index is 14.2. The van der Waals surface area contributed by atoms with Gasteiger partial charge >= 0.3 is 5.97 Å². The molecule has 7 nitrogen and oxygen atoms in total. The Kier molecular flexibility index (Phi) is 7.75. The SMILES string of the molecule is Cc1ccc(C(=O)OCc2ccc(C(CN)C(=O)Nc3ccc(C(N)=O)cc3F)cc2)c(C)c1. The summed E-state index contributed by atoms with van der Waals surface area (Å²) < 4.78 is 19.6. The topological polar surface area (TPSA) is 125 Å². The van der Waals surface area contributed by atoms with Crippen LogP contribution in [0.1, 0.15) is 48.9 Å². The van der Waals surface area contributed by atoms with Gasteiger partial charge in [-0.15, -0.1) is 0 Å². The molecular formula is C26H26FN3O4. The predicted molar refractivity (Wildman–Crippen MR) is 127 cm³/mol. The monoisotopic (exact) mass is 463 g/mol. The predicted octanol–water partition coefficient (Wildman–Crippen LogP) is 3.58. The van der Waals surface area contributed by atoms with Crippen LogP contribution >= 0.6 is 0 Å². The molecule has 3 aromatic carbocycles. The van der Waals surface area contributed by atoms with Gasteiger partial charge in [-0.1, -0.05) is 42.0 Å². The van der Waals surface area contributed by atoms with Crippen LogP contribution in [0.4, 0.5) is 10.1 Å². The minimum Gasteiger partial charge on any atom is -0.457 e. The number of nitrogens with one attached hydrogen (secondary N) is 1. The summed E-state index contributed by atoms with van der Waals surface area (Å²) in [7, 11) is 0. The number of halogens is 1. The number of aryl methyl sites for hydroxylation is 2. The molecule has 0 aliphatic heterocycles. The molecule has 0 bridgehead atoms. The van der Waals surface area contributed by atoms with Gasteiger partial charge in [-0.3, -0.25) is 9.59 Å². The van der Waals surface area contributed by atoms with Crippen molar-refractivity contribution in [2.75, 3.05) is 11.9 Å². The van der Waals surface area contributed by atoms with Crippen molar-refractivity contribution in [3.63, 3.8) is 0 Å². The van der Waals surface area contributed by atoms with Gasteiger partial charge in [0.05, 0.1) is 17.2 Å². The zero-order valence-electron chi connectivity index (χ0n) is 18.9. The Labute approximate surface area is 196 Å². The summed E-state index contributed by atoms with van der Waals surface area (Å²) in [6.07, 6.45) is 0. The quantitative estimate of drug-likeness (QED) is 0.441. The molecule has 0 saturated heterocycles. The van der Waals surface area contributed by atoms with E-state index in [9.17, 15) is 18.8 Å². The molecule has 2 amide bonds. The standard InChI is InChI=1S/C26H26FN3O4/c1-15-3-9-20(16(2)11-15)26(33)34-14-17-4-6-18(7-5-17)21(13-28)25(32)30-23-10-8-19(24(29)31)12-22(23)27/h3-12,21H,13-14,28H2,1-2H3,(H2,29,31)(H,30,32). The van der Waals surface area contributed by atoms with Crippen LogP contribution in [0, 0.1) is 19.7 Å². The lowest BCUT2D eigenvalue weighted by atomic mass is 9.97. The van der Waals surface area contributed by atoms with E-state index in [4.69, 9.17) is 16.2 Å². The highest BCUT2D eigenvalue weighted by Gasteiger charge is 2.21. The van der Waals surface area contributed by atoms with Crippen LogP contribution < -0.4 is 16.8 Å². The van der Waals surface area contributed by atoms with E-state index in [-0.39, 0.29) is 24.4 Å². The minimum atomic E-state index is -0.776. The fourth-order valence-corrected chi connectivity index (χ4v) is 3.50. The number of anilines is 1. The molecule has 3 aromatic rings. The Balaban J connectivity index is 1.64. The van der Waals surface area contributed by atoms with Crippen molar-refractivity contribution in [1.82, 2.24) is 0 Å². The van der Waals surface area contributed by atoms with E-state index in [2.05, 4.69) is 5.32 Å². The van der Waals surface area contributed by atoms with E-state index in [1.807, 2.05) is 26.0 Å². The summed E-state index contributed by atoms with van der Waals surface area (Å²) in [6, 6.07) is 16.0. The van der Waals surface area contributed by atoms with E-state index < -0.39 is 29.5 Å². The molecule has 1 atom stereocenters. The highest BCUT2D eigenvalue weighted by atomic mass is 19.1. The average molecular weight is 464 g/mol. The second-order valence-corrected chi connectivity index (χ2v) is 7.97. The highest BCUT2D eigenvalue weighted by molar-refractivity contribution is 5.97. The maximum Gasteiger partial charge on any atom is 0.338 e. The summed E-state index contributed by atoms with van der Waals surface area (Å²) in [6.45, 7) is 3.88. The Bertz CT molecular complexity index is 1230. The lowest BCUT2D eigenvalue weighted by molar-refractivity contribution is -0.117. The Morgan fingerprint density at radius 2 is 1.71 bits per heavy atom. The third-order valence-corrected chi connectivity index (χ3v) is 5.42. The van der Waals surface area contributed by atoms with Crippen molar-refractivity contribution in [3.8, 4) is 0 Å². The number of primary amides is 1. The molecule has 0 spiro atoms. The number of carbonyl (C=O) groups is 3. The summed E-state index contributed by atoms with van der Waals surface area (Å²) in [5.41, 5.74) is 14.6. The van der Waals surface area contributed by atoms with E-state index in [0.29, 0.717) is 11.1 Å². The van der Waals surface area contributed by atoms with Crippen molar-refractivity contribution in [1.29, 1.82) is 0 Å². The Hall–Kier alpha value is -4.04. The molecule has 0 radical (unpaired) electrons. The van der Waals surface area contributed by atoms with Gasteiger partial charge in [-0.25, -0.2) is 9.18 Å². The number of carbonyl (C=O) groups excluding carboxylic acids is 3. The Morgan fingerprint density at radius 3 is 2.29 bits per heavy atom. The van der Waals surface area contributed by atoms with E-state index in [1.54, 1.807) is 30.3 Å². The lowest BCUT2D eigenvalue weighted by Gasteiger charge is -2.16. The van der Waals surface area contributed by atoms with Crippen LogP contribution in [-0.4, -0.2) is 24.3 Å². The minimum absolute atomic E-state index is 0.000276. The smallest absolute Gasteiger partial charge is 0.338 e. The van der Waals surface area contributed by atoms with Crippen LogP contribution in [0.25, 0.3) is 0 Å². The van der Waals surface area contributed by atoms with E-state index in [0.717, 1.165) is 22.8 Å². The van der Waals surface area contributed by atoms with Crippen LogP contribution in [0.2, 0.25) is 0 Å². The number of hydrogen-bond acceptors (Lipinski definition) is 5. The maximum absolute atomic E-state index is 14.2. The van der Waals surface area contributed by atoms with Crippen LogP contribution in [0.5, 0.6) is 0 Å². The zero-order chi connectivity index (χ0) is 24.8. The van der Waals surface area contributed by atoms with Gasteiger partial charge in [0.2, 0.25) is 11.8 Å². The largest absolute Gasteiger partial charge is 0.457 e. The molecule has 0 aliphatic rings. The average Bonchev–Trinajstić information content (AvgIpc) is 2.80. The molecule has 0 aliphatic carbocycles. The summed E-state index contributed by atoms with van der Waals surface area (Å²) in [5, 5.41) is 2.49. The molecule has 1 unspecified atom stereocenters. The molecule has 0 saturated carbocycles. The number of esters is 1. The van der Waals surface area contributed by atoms with Crippen LogP contribution in [0.15, 0.2) is 60.7 Å². The van der Waals surface area contributed by atoms with Gasteiger partial charge in [-0.05, 0) is 54.8 Å². The molecule has 5 N–H and O–H groups in total. The van der Waals surface area contributed by atoms with Gasteiger partial charge in [0, 0.05) is 12.1 Å². The van der Waals surface area contributed by atoms with Crippen LogP contribution in [-0.2, 0) is 16.1 Å². The first-order valence-electron chi connectivity index (χ1n) is 10.6. The molecule has 0 fully saturated rings. The fraction of sp³-hybridized carbons (Fsp3) is 0.192. The van der Waals surface area contributed by atoms with Gasteiger partial charge in [-0.2, -0.15) is 0 Å². The lowest BCUT2D eigenvalue weighted by Crippen LogP contribution is -2.27. The third-order valence-electron chi connectivity index (χ3n) is 5.42. The normalized spacial score (nSPS) is 11.5. The number of nitrogens with two attached hydrogens (primary N) is 2. The summed E-state index contributed by atoms with van der Waals surface area (Å²) in [4.78, 5) is 36.2. The summed E-state index contributed by atoms with van der Waals surface area (Å²) >= 11 is 0. The van der Waals surface area contributed by atoms with Crippen LogP contribution in [0.3, 0.4) is 0 Å². The Morgan fingerprint density at radius 1 is 1.00 bits per heavy atom. The number of benzene rings is 3. The summed E-state index contributed by atoms with van der Waals surface area (Å²) in [5.74, 6) is -3.19. The molecule has 3 rings (SSSR count). The first kappa shape index (κ1) is 24.6. The van der Waals surface area contributed by atoms with Crippen molar-refractivity contribution < 1.29 is 23.5 Å². The molecule has 34 heavy (non-hydrogen) atoms. The molecule has 8 heteroatoms. The first-order valence-corrected chi connectivity index (χ1v) is 10.6. The number of ether oxygens (including phenoxy) is 1. The number of amides is 2. The molecule has 0 heterocycles. The molecule has 0 aromatic heterocycles. The van der Waals surface area contributed by atoms with Gasteiger partial charge in [0.25, 0.3) is 0 Å². The van der Waals surface area contributed by atoms with Gasteiger partial charge < -0.3 is 21.5 Å². The number of rotatable bonds is 8. The molecular weight excluding hydrogens is 437 g/mol. The van der Waals surface area contributed by atoms with Crippen molar-refractivity contribution in [2.24, 2.45) is 11.5 Å². The fourth-order valence-electron chi connectivity index (χ4n) is 3.50. The van der Waals surface area contributed by atoms with Crippen molar-refractivity contribution >= 4 is 23.5 Å². The van der Waals surface area contributed by atoms with Gasteiger partial charge in [0.1, 0.15) is 12.4 Å². The molecule has 176 valence electrons. The van der Waals surface area contributed by atoms with Crippen molar-refractivity contribution in [2.45, 2.75) is 26.4 Å². The second-order valence-electron chi connectivity index (χ2n) is 7.97. The first-order chi connectivity index (χ1) is 16.2. The van der Waals surface area contributed by atoms with Gasteiger partial charge in [0.15, 0.2) is 0 Å². The third kappa shape index (κ3) is 5.85. The second kappa shape index (κ2) is 10.7. The van der Waals surface area contributed by atoms with E-state index in [1.165, 1.54) is 12.1 Å². The van der Waals surface area contributed by atoms with E-state index >= 15 is 0 Å². The number of hydrogen-bond donors (Lipinski definition) is 3.